The first-order valence-corrected chi connectivity index (χ1v) is 5.12. The zero-order valence-electron chi connectivity index (χ0n) is 8.85. The summed E-state index contributed by atoms with van der Waals surface area (Å²) in [4.78, 5) is 21.0. The van der Waals surface area contributed by atoms with Gasteiger partial charge in [-0.2, -0.15) is 0 Å². The molecule has 0 saturated heterocycles. The average Bonchev–Trinajstić information content (AvgIpc) is 2.13. The van der Waals surface area contributed by atoms with E-state index in [2.05, 4.69) is 0 Å². The summed E-state index contributed by atoms with van der Waals surface area (Å²) in [5, 5.41) is 26.6. The Bertz CT molecular complexity index is 200. The number of carboxylic acid groups (broad SMARTS) is 2. The molecule has 0 amide bonds. The van der Waals surface area contributed by atoms with Gasteiger partial charge in [-0.25, -0.2) is 0 Å². The molecule has 0 fully saturated rings. The quantitative estimate of drug-likeness (QED) is 0.419. The van der Waals surface area contributed by atoms with E-state index in [1.807, 2.05) is 6.92 Å². The molecule has 5 nitrogen and oxygen atoms in total. The first kappa shape index (κ1) is 13.9. The van der Waals surface area contributed by atoms with Gasteiger partial charge in [-0.3, -0.25) is 9.59 Å². The number of carbonyl (C=O) groups is 2. The molecule has 0 aliphatic carbocycles. The number of hydrogen-bond donors (Lipinski definition) is 3. The SMILES string of the molecule is CCCCCC(O)CC(C(=O)O)C(=O)O. The highest BCUT2D eigenvalue weighted by molar-refractivity contribution is 5.92. The third kappa shape index (κ3) is 6.06. The molecule has 1 atom stereocenters. The lowest BCUT2D eigenvalue weighted by atomic mass is 9.98. The van der Waals surface area contributed by atoms with Crippen LogP contribution in [0, 0.1) is 5.92 Å². The van der Waals surface area contributed by atoms with E-state index in [1.54, 1.807) is 0 Å². The van der Waals surface area contributed by atoms with Crippen LogP contribution in [0.4, 0.5) is 0 Å². The number of aliphatic hydroxyl groups is 1. The molecule has 3 N–H and O–H groups in total. The van der Waals surface area contributed by atoms with Crippen LogP contribution in [0.2, 0.25) is 0 Å². The molecular weight excluding hydrogens is 200 g/mol. The Morgan fingerprint density at radius 2 is 1.67 bits per heavy atom. The highest BCUT2D eigenvalue weighted by Crippen LogP contribution is 2.13. The van der Waals surface area contributed by atoms with Crippen LogP contribution in [0.1, 0.15) is 39.0 Å². The number of hydrogen-bond acceptors (Lipinski definition) is 3. The molecule has 0 saturated carbocycles. The van der Waals surface area contributed by atoms with Crippen LogP contribution in [-0.2, 0) is 9.59 Å². The number of unbranched alkanes of at least 4 members (excludes halogenated alkanes) is 2. The van der Waals surface area contributed by atoms with E-state index in [1.165, 1.54) is 0 Å². The summed E-state index contributed by atoms with van der Waals surface area (Å²) in [6, 6.07) is 0. The number of aliphatic carboxylic acids is 2. The molecule has 0 aromatic carbocycles. The minimum absolute atomic E-state index is 0.214. The smallest absolute Gasteiger partial charge is 0.317 e. The lowest BCUT2D eigenvalue weighted by molar-refractivity contribution is -0.156. The molecule has 5 heteroatoms. The van der Waals surface area contributed by atoms with Crippen molar-refractivity contribution in [2.45, 2.75) is 45.1 Å². The van der Waals surface area contributed by atoms with Crippen molar-refractivity contribution in [3.8, 4) is 0 Å². The van der Waals surface area contributed by atoms with E-state index in [9.17, 15) is 14.7 Å². The Hall–Kier alpha value is -1.10. The van der Waals surface area contributed by atoms with Crippen molar-refractivity contribution in [1.29, 1.82) is 0 Å². The first-order chi connectivity index (χ1) is 6.99. The van der Waals surface area contributed by atoms with Gasteiger partial charge in [0.2, 0.25) is 0 Å². The summed E-state index contributed by atoms with van der Waals surface area (Å²) in [6.45, 7) is 2.02. The van der Waals surface area contributed by atoms with Gasteiger partial charge in [0.05, 0.1) is 6.10 Å². The standard InChI is InChI=1S/C10H18O5/c1-2-3-4-5-7(11)6-8(9(12)13)10(14)15/h7-8,11H,2-6H2,1H3,(H,12,13)(H,14,15). The van der Waals surface area contributed by atoms with Gasteiger partial charge in [0.15, 0.2) is 5.92 Å². The third-order valence-corrected chi connectivity index (χ3v) is 2.24. The van der Waals surface area contributed by atoms with Crippen LogP contribution in [0.5, 0.6) is 0 Å². The number of rotatable bonds is 8. The van der Waals surface area contributed by atoms with Gasteiger partial charge in [-0.15, -0.1) is 0 Å². The first-order valence-electron chi connectivity index (χ1n) is 5.12. The molecule has 0 aromatic rings. The van der Waals surface area contributed by atoms with Gasteiger partial charge in [-0.05, 0) is 12.8 Å². The molecule has 1 unspecified atom stereocenters. The summed E-state index contributed by atoms with van der Waals surface area (Å²) in [5.74, 6) is -4.28. The average molecular weight is 218 g/mol. The van der Waals surface area contributed by atoms with Crippen molar-refractivity contribution in [2.75, 3.05) is 0 Å². The monoisotopic (exact) mass is 218 g/mol. The number of aliphatic hydroxyl groups excluding tert-OH is 1. The van der Waals surface area contributed by atoms with E-state index in [0.29, 0.717) is 6.42 Å². The number of carboxylic acids is 2. The highest BCUT2D eigenvalue weighted by Gasteiger charge is 2.28. The molecule has 0 spiro atoms. The fraction of sp³-hybridized carbons (Fsp3) is 0.800. The molecule has 88 valence electrons. The second-order valence-electron chi connectivity index (χ2n) is 3.61. The zero-order valence-corrected chi connectivity index (χ0v) is 8.85. The topological polar surface area (TPSA) is 94.8 Å². The van der Waals surface area contributed by atoms with Crippen LogP contribution >= 0.6 is 0 Å². The van der Waals surface area contributed by atoms with Crippen molar-refractivity contribution in [1.82, 2.24) is 0 Å². The Balaban J connectivity index is 3.95. The van der Waals surface area contributed by atoms with Crippen molar-refractivity contribution < 1.29 is 24.9 Å². The molecule has 0 aliphatic heterocycles. The van der Waals surface area contributed by atoms with Crippen molar-refractivity contribution in [3.05, 3.63) is 0 Å². The van der Waals surface area contributed by atoms with Crippen LogP contribution in [0.3, 0.4) is 0 Å². The van der Waals surface area contributed by atoms with E-state index in [4.69, 9.17) is 10.2 Å². The maximum Gasteiger partial charge on any atom is 0.317 e. The largest absolute Gasteiger partial charge is 0.481 e. The lowest BCUT2D eigenvalue weighted by Crippen LogP contribution is -2.27. The Labute approximate surface area is 88.7 Å². The summed E-state index contributed by atoms with van der Waals surface area (Å²) >= 11 is 0. The molecule has 0 rings (SSSR count). The lowest BCUT2D eigenvalue weighted by Gasteiger charge is -2.13. The van der Waals surface area contributed by atoms with Gasteiger partial charge in [0.1, 0.15) is 0 Å². The van der Waals surface area contributed by atoms with Crippen LogP contribution in [0.15, 0.2) is 0 Å². The predicted molar refractivity (Wildman–Crippen MR) is 53.5 cm³/mol. The Kier molecular flexibility index (Phi) is 6.70. The van der Waals surface area contributed by atoms with Gasteiger partial charge < -0.3 is 15.3 Å². The van der Waals surface area contributed by atoms with Crippen molar-refractivity contribution >= 4 is 11.9 Å². The second kappa shape index (κ2) is 7.23. The second-order valence-corrected chi connectivity index (χ2v) is 3.61. The summed E-state index contributed by atoms with van der Waals surface area (Å²) in [5.41, 5.74) is 0. The molecule has 15 heavy (non-hydrogen) atoms. The minimum atomic E-state index is -1.50. The molecule has 0 aromatic heterocycles. The van der Waals surface area contributed by atoms with Gasteiger partial charge in [-0.1, -0.05) is 26.2 Å². The van der Waals surface area contributed by atoms with Gasteiger partial charge in [0.25, 0.3) is 0 Å². The fourth-order valence-electron chi connectivity index (χ4n) is 1.33. The molecule has 0 radical (unpaired) electrons. The maximum absolute atomic E-state index is 10.5. The molecule has 0 bridgehead atoms. The molecule has 0 heterocycles. The summed E-state index contributed by atoms with van der Waals surface area (Å²) < 4.78 is 0. The molecular formula is C10H18O5. The van der Waals surface area contributed by atoms with Crippen LogP contribution in [0.25, 0.3) is 0 Å². The van der Waals surface area contributed by atoms with E-state index in [-0.39, 0.29) is 6.42 Å². The third-order valence-electron chi connectivity index (χ3n) is 2.24. The minimum Gasteiger partial charge on any atom is -0.481 e. The fourth-order valence-corrected chi connectivity index (χ4v) is 1.33. The van der Waals surface area contributed by atoms with Crippen molar-refractivity contribution in [2.24, 2.45) is 5.92 Å². The molecule has 0 aliphatic rings. The normalized spacial score (nSPS) is 12.7. The summed E-state index contributed by atoms with van der Waals surface area (Å²) in [6.07, 6.45) is 2.17. The maximum atomic E-state index is 10.5. The van der Waals surface area contributed by atoms with Crippen molar-refractivity contribution in [3.63, 3.8) is 0 Å². The zero-order chi connectivity index (χ0) is 11.8. The van der Waals surface area contributed by atoms with Gasteiger partial charge in [0, 0.05) is 0 Å². The van der Waals surface area contributed by atoms with Gasteiger partial charge >= 0.3 is 11.9 Å². The van der Waals surface area contributed by atoms with E-state index in [0.717, 1.165) is 19.3 Å². The van der Waals surface area contributed by atoms with E-state index >= 15 is 0 Å². The van der Waals surface area contributed by atoms with E-state index < -0.39 is 24.0 Å². The van der Waals surface area contributed by atoms with Crippen LogP contribution in [-0.4, -0.2) is 33.4 Å². The Morgan fingerprint density at radius 3 is 2.07 bits per heavy atom. The highest BCUT2D eigenvalue weighted by atomic mass is 16.4. The summed E-state index contributed by atoms with van der Waals surface area (Å²) in [7, 11) is 0. The predicted octanol–water partition coefficient (Wildman–Crippen LogP) is 1.10. The van der Waals surface area contributed by atoms with Crippen LogP contribution < -0.4 is 0 Å². The Morgan fingerprint density at radius 1 is 1.13 bits per heavy atom.